The molecule has 0 saturated carbocycles. The molecule has 1 aromatic rings. The van der Waals surface area contributed by atoms with E-state index in [4.69, 9.17) is 14.9 Å². The van der Waals surface area contributed by atoms with Crippen LogP contribution in [0.3, 0.4) is 0 Å². The van der Waals surface area contributed by atoms with Gasteiger partial charge in [-0.1, -0.05) is 24.3 Å². The average molecular weight is 274 g/mol. The molecule has 2 atom stereocenters. The van der Waals surface area contributed by atoms with Gasteiger partial charge in [0, 0.05) is 6.42 Å². The van der Waals surface area contributed by atoms with E-state index in [-0.39, 0.29) is 6.42 Å². The molecule has 4 nitrogen and oxygen atoms in total. The smallest absolute Gasteiger partial charge is 0.303 e. The Morgan fingerprint density at radius 3 is 2.30 bits per heavy atom. The maximum absolute atomic E-state index is 10.9. The minimum atomic E-state index is -0.797. The molecule has 2 aliphatic heterocycles. The minimum Gasteiger partial charge on any atom is -0.481 e. The van der Waals surface area contributed by atoms with Crippen molar-refractivity contribution in [2.45, 2.75) is 44.8 Å². The first-order valence-electron chi connectivity index (χ1n) is 6.79. The lowest BCUT2D eigenvalue weighted by atomic mass is 9.67. The van der Waals surface area contributed by atoms with E-state index in [9.17, 15) is 4.79 Å². The summed E-state index contributed by atoms with van der Waals surface area (Å²) >= 11 is 0. The van der Waals surface area contributed by atoms with Crippen molar-refractivity contribution in [2.75, 3.05) is 0 Å². The zero-order valence-electron chi connectivity index (χ0n) is 11.9. The number of hydrogen-bond acceptors (Lipinski definition) is 3. The highest BCUT2D eigenvalue weighted by atomic mass is 17.2. The molecular weight excluding hydrogens is 256 g/mol. The van der Waals surface area contributed by atoms with Gasteiger partial charge in [-0.25, -0.2) is 9.78 Å². The van der Waals surface area contributed by atoms with Crippen LogP contribution in [0, 0.1) is 0 Å². The number of fused-ring (bicyclic) bond motifs is 1. The minimum absolute atomic E-state index is 0.101. The first-order valence-corrected chi connectivity index (χ1v) is 6.79. The van der Waals surface area contributed by atoms with Gasteiger partial charge in [-0.15, -0.1) is 0 Å². The molecule has 0 unspecified atom stereocenters. The molecule has 0 fully saturated rings. The third kappa shape index (κ3) is 1.58. The fourth-order valence-corrected chi connectivity index (χ4v) is 3.35. The lowest BCUT2D eigenvalue weighted by molar-refractivity contribution is -0.422. The largest absolute Gasteiger partial charge is 0.481 e. The van der Waals surface area contributed by atoms with Crippen LogP contribution in [0.5, 0.6) is 0 Å². The van der Waals surface area contributed by atoms with Gasteiger partial charge < -0.3 is 5.11 Å². The summed E-state index contributed by atoms with van der Waals surface area (Å²) in [6.07, 6.45) is 0.578. The molecule has 0 spiro atoms. The first-order chi connectivity index (χ1) is 9.39. The van der Waals surface area contributed by atoms with E-state index in [1.165, 1.54) is 0 Å². The molecule has 0 radical (unpaired) electrons. The van der Waals surface area contributed by atoms with Crippen LogP contribution in [-0.2, 0) is 25.8 Å². The van der Waals surface area contributed by atoms with Crippen LogP contribution in [0.4, 0.5) is 0 Å². The van der Waals surface area contributed by atoms with Gasteiger partial charge in [-0.05, 0) is 49.5 Å². The van der Waals surface area contributed by atoms with Crippen LogP contribution >= 0.6 is 0 Å². The number of aliphatic carboxylic acids is 1. The molecule has 2 heterocycles. The lowest BCUT2D eigenvalue weighted by Crippen LogP contribution is -2.49. The highest BCUT2D eigenvalue weighted by Gasteiger charge is 2.54. The second-order valence-electron chi connectivity index (χ2n) is 5.78. The molecule has 1 aliphatic carbocycles. The van der Waals surface area contributed by atoms with Crippen molar-refractivity contribution in [1.82, 2.24) is 0 Å². The van der Waals surface area contributed by atoms with Gasteiger partial charge in [0.1, 0.15) is 11.2 Å². The summed E-state index contributed by atoms with van der Waals surface area (Å²) in [5.74, 6) is -0.797. The highest BCUT2D eigenvalue weighted by Crippen LogP contribution is 2.56. The summed E-state index contributed by atoms with van der Waals surface area (Å²) in [5, 5.41) is 8.95. The summed E-state index contributed by atoms with van der Waals surface area (Å²) in [5.41, 5.74) is 2.94. The van der Waals surface area contributed by atoms with Gasteiger partial charge in [0.25, 0.3) is 0 Å². The van der Waals surface area contributed by atoms with E-state index in [1.807, 2.05) is 45.0 Å². The fourth-order valence-electron chi connectivity index (χ4n) is 3.35. The highest BCUT2D eigenvalue weighted by molar-refractivity contribution is 5.67. The van der Waals surface area contributed by atoms with Gasteiger partial charge in [-0.3, -0.25) is 4.79 Å². The Bertz CT molecular complexity index is 619. The van der Waals surface area contributed by atoms with Crippen molar-refractivity contribution in [1.29, 1.82) is 0 Å². The normalized spacial score (nSPS) is 31.4. The summed E-state index contributed by atoms with van der Waals surface area (Å²) in [4.78, 5) is 22.2. The van der Waals surface area contributed by atoms with Crippen molar-refractivity contribution >= 4 is 5.97 Å². The molecule has 3 aliphatic rings. The molecular formula is C16H18O4. The summed E-state index contributed by atoms with van der Waals surface area (Å²) in [7, 11) is 0. The van der Waals surface area contributed by atoms with E-state index < -0.39 is 17.2 Å². The number of benzene rings is 1. The quantitative estimate of drug-likeness (QED) is 0.679. The predicted molar refractivity (Wildman–Crippen MR) is 72.9 cm³/mol. The van der Waals surface area contributed by atoms with Gasteiger partial charge >= 0.3 is 5.97 Å². The van der Waals surface area contributed by atoms with Gasteiger partial charge in [-0.2, -0.15) is 0 Å². The van der Waals surface area contributed by atoms with Crippen LogP contribution in [0.25, 0.3) is 0 Å². The SMILES string of the molecule is CC1=C(CCC(=O)O)[C@]2(C)OO[C@@]1(C)c1ccccc12. The van der Waals surface area contributed by atoms with Crippen molar-refractivity contribution in [3.8, 4) is 0 Å². The van der Waals surface area contributed by atoms with E-state index in [1.54, 1.807) is 0 Å². The van der Waals surface area contributed by atoms with Crippen LogP contribution in [-0.4, -0.2) is 11.1 Å². The van der Waals surface area contributed by atoms with Gasteiger partial charge in [0.05, 0.1) is 0 Å². The Morgan fingerprint density at radius 1 is 1.15 bits per heavy atom. The second-order valence-corrected chi connectivity index (χ2v) is 5.78. The maximum Gasteiger partial charge on any atom is 0.303 e. The van der Waals surface area contributed by atoms with Gasteiger partial charge in [0.2, 0.25) is 0 Å². The summed E-state index contributed by atoms with van der Waals surface area (Å²) < 4.78 is 0. The monoisotopic (exact) mass is 274 g/mol. The maximum atomic E-state index is 10.9. The van der Waals surface area contributed by atoms with E-state index >= 15 is 0 Å². The molecule has 1 N–H and O–H groups in total. The van der Waals surface area contributed by atoms with Crippen molar-refractivity contribution in [3.05, 3.63) is 46.5 Å². The Labute approximate surface area is 117 Å². The third-order valence-corrected chi connectivity index (χ3v) is 4.66. The molecule has 0 saturated heterocycles. The fraction of sp³-hybridized carbons (Fsp3) is 0.438. The first kappa shape index (κ1) is 13.3. The Balaban J connectivity index is 2.15. The molecule has 4 heteroatoms. The molecule has 20 heavy (non-hydrogen) atoms. The molecule has 106 valence electrons. The van der Waals surface area contributed by atoms with E-state index in [0.29, 0.717) is 6.42 Å². The van der Waals surface area contributed by atoms with Crippen molar-refractivity contribution in [3.63, 3.8) is 0 Å². The summed E-state index contributed by atoms with van der Waals surface area (Å²) in [6, 6.07) is 8.04. The number of carbonyl (C=O) groups is 1. The predicted octanol–water partition coefficient (Wildman–Crippen LogP) is 3.27. The Hall–Kier alpha value is -1.65. The number of carboxylic acid groups (broad SMARTS) is 1. The Morgan fingerprint density at radius 2 is 1.70 bits per heavy atom. The zero-order chi connectivity index (χ0) is 14.5. The van der Waals surface area contributed by atoms with Crippen molar-refractivity contribution < 1.29 is 19.7 Å². The van der Waals surface area contributed by atoms with Crippen LogP contribution < -0.4 is 0 Å². The van der Waals surface area contributed by atoms with Crippen LogP contribution in [0.1, 0.15) is 44.7 Å². The molecule has 2 bridgehead atoms. The molecule has 0 amide bonds. The zero-order valence-corrected chi connectivity index (χ0v) is 11.9. The van der Waals surface area contributed by atoms with Crippen LogP contribution in [0.2, 0.25) is 0 Å². The van der Waals surface area contributed by atoms with Gasteiger partial charge in [0.15, 0.2) is 0 Å². The second kappa shape index (κ2) is 4.17. The molecule has 0 aromatic heterocycles. The number of carboxylic acids is 1. The standard InChI is InChI=1S/C16H18O4/c1-10-11(8-9-14(17)18)16(3)13-7-5-4-6-12(13)15(10,2)19-20-16/h4-7H,8-9H2,1-3H3,(H,17,18)/t15-,16+/m1/s1. The molecule has 1 aromatic carbocycles. The average Bonchev–Trinajstić information content (AvgIpc) is 2.42. The number of hydrogen-bond donors (Lipinski definition) is 1. The van der Waals surface area contributed by atoms with E-state index in [0.717, 1.165) is 22.3 Å². The number of rotatable bonds is 3. The molecule has 4 rings (SSSR count). The third-order valence-electron chi connectivity index (χ3n) is 4.66. The van der Waals surface area contributed by atoms with E-state index in [2.05, 4.69) is 0 Å². The lowest BCUT2D eigenvalue weighted by Gasteiger charge is -2.51. The Kier molecular flexibility index (Phi) is 2.78. The topological polar surface area (TPSA) is 55.8 Å². The van der Waals surface area contributed by atoms with Crippen LogP contribution in [0.15, 0.2) is 35.4 Å². The summed E-state index contributed by atoms with van der Waals surface area (Å²) in [6.45, 7) is 5.93. The van der Waals surface area contributed by atoms with Crippen molar-refractivity contribution in [2.24, 2.45) is 0 Å².